The molecule has 0 atom stereocenters. The first-order valence-corrected chi connectivity index (χ1v) is 6.79. The smallest absolute Gasteiger partial charge is 0.335 e. The molecule has 5 heteroatoms. The van der Waals surface area contributed by atoms with Crippen molar-refractivity contribution in [1.29, 1.82) is 0 Å². The molecule has 0 amide bonds. The van der Waals surface area contributed by atoms with Crippen LogP contribution in [0.1, 0.15) is 21.5 Å². The Bertz CT molecular complexity index is 835. The summed E-state index contributed by atoms with van der Waals surface area (Å²) in [6.45, 7) is 4.02. The highest BCUT2D eigenvalue weighted by atomic mass is 16.4. The van der Waals surface area contributed by atoms with Gasteiger partial charge in [0.1, 0.15) is 0 Å². The maximum absolute atomic E-state index is 10.9. The Labute approximate surface area is 127 Å². The van der Waals surface area contributed by atoms with Crippen molar-refractivity contribution in [2.24, 2.45) is 0 Å². The minimum atomic E-state index is -0.965. The number of carboxylic acids is 1. The molecule has 5 nitrogen and oxygen atoms in total. The van der Waals surface area contributed by atoms with Crippen LogP contribution >= 0.6 is 0 Å². The van der Waals surface area contributed by atoms with E-state index in [1.54, 1.807) is 12.1 Å². The molecule has 1 aromatic heterocycles. The quantitative estimate of drug-likeness (QED) is 0.796. The third kappa shape index (κ3) is 2.61. The van der Waals surface area contributed by atoms with E-state index in [2.05, 4.69) is 16.3 Å². The summed E-state index contributed by atoms with van der Waals surface area (Å²) in [7, 11) is 0. The van der Waals surface area contributed by atoms with E-state index in [-0.39, 0.29) is 5.56 Å². The average molecular weight is 294 g/mol. The highest BCUT2D eigenvalue weighted by molar-refractivity contribution is 5.88. The van der Waals surface area contributed by atoms with E-state index < -0.39 is 5.97 Å². The number of carbonyl (C=O) groups is 1. The van der Waals surface area contributed by atoms with Gasteiger partial charge in [0, 0.05) is 11.1 Å². The van der Waals surface area contributed by atoms with Crippen molar-refractivity contribution in [1.82, 2.24) is 10.2 Å². The lowest BCUT2D eigenvalue weighted by molar-refractivity contribution is 0.0697. The second-order valence-corrected chi connectivity index (χ2v) is 5.11. The summed E-state index contributed by atoms with van der Waals surface area (Å²) in [5.41, 5.74) is 4.04. The maximum Gasteiger partial charge on any atom is 0.335 e. The van der Waals surface area contributed by atoms with Crippen molar-refractivity contribution in [2.75, 3.05) is 0 Å². The van der Waals surface area contributed by atoms with E-state index in [4.69, 9.17) is 9.52 Å². The van der Waals surface area contributed by atoms with Gasteiger partial charge in [0.25, 0.3) is 0 Å². The number of nitrogens with zero attached hydrogens (tertiary/aromatic N) is 2. The van der Waals surface area contributed by atoms with E-state index >= 15 is 0 Å². The molecule has 0 aliphatic rings. The van der Waals surface area contributed by atoms with Crippen LogP contribution in [-0.2, 0) is 0 Å². The van der Waals surface area contributed by atoms with Crippen LogP contribution in [0.3, 0.4) is 0 Å². The molecule has 0 bridgehead atoms. The van der Waals surface area contributed by atoms with Crippen molar-refractivity contribution in [3.8, 4) is 22.9 Å². The van der Waals surface area contributed by atoms with Crippen molar-refractivity contribution in [3.63, 3.8) is 0 Å². The van der Waals surface area contributed by atoms with E-state index in [1.807, 2.05) is 26.0 Å². The monoisotopic (exact) mass is 294 g/mol. The molecule has 0 radical (unpaired) electrons. The summed E-state index contributed by atoms with van der Waals surface area (Å²) in [5.74, 6) is -0.144. The zero-order chi connectivity index (χ0) is 15.7. The molecule has 2 aromatic carbocycles. The molecule has 0 saturated carbocycles. The largest absolute Gasteiger partial charge is 0.478 e. The molecule has 0 unspecified atom stereocenters. The molecule has 0 saturated heterocycles. The van der Waals surface area contributed by atoms with Crippen LogP contribution in [0.15, 0.2) is 46.9 Å². The van der Waals surface area contributed by atoms with Gasteiger partial charge in [0.15, 0.2) is 0 Å². The first-order valence-electron chi connectivity index (χ1n) is 6.79. The summed E-state index contributed by atoms with van der Waals surface area (Å²) in [6, 6.07) is 12.3. The Kier molecular flexibility index (Phi) is 3.47. The van der Waals surface area contributed by atoms with Crippen molar-refractivity contribution < 1.29 is 14.3 Å². The predicted octanol–water partition coefficient (Wildman–Crippen LogP) is 3.72. The van der Waals surface area contributed by atoms with Crippen LogP contribution in [0.5, 0.6) is 0 Å². The molecule has 0 fully saturated rings. The van der Waals surface area contributed by atoms with Crippen LogP contribution in [0, 0.1) is 13.8 Å². The number of hydrogen-bond donors (Lipinski definition) is 1. The second kappa shape index (κ2) is 5.44. The standard InChI is InChI=1S/C17H14N2O3/c1-10-3-8-14(11(2)9-10)16-19-18-15(22-16)12-4-6-13(7-5-12)17(20)21/h3-9H,1-2H3,(H,20,21). The van der Waals surface area contributed by atoms with Gasteiger partial charge in [-0.1, -0.05) is 17.7 Å². The normalized spacial score (nSPS) is 10.6. The molecule has 110 valence electrons. The Morgan fingerprint density at radius 1 is 1.00 bits per heavy atom. The fourth-order valence-corrected chi connectivity index (χ4v) is 2.26. The second-order valence-electron chi connectivity index (χ2n) is 5.11. The average Bonchev–Trinajstić information content (AvgIpc) is 2.97. The van der Waals surface area contributed by atoms with Crippen LogP contribution in [0.4, 0.5) is 0 Å². The van der Waals surface area contributed by atoms with Gasteiger partial charge >= 0.3 is 5.97 Å². The van der Waals surface area contributed by atoms with Gasteiger partial charge in [-0.05, 0) is 49.7 Å². The van der Waals surface area contributed by atoms with Crippen molar-refractivity contribution >= 4 is 5.97 Å². The van der Waals surface area contributed by atoms with Gasteiger partial charge in [-0.3, -0.25) is 0 Å². The molecule has 0 spiro atoms. The highest BCUT2D eigenvalue weighted by Crippen LogP contribution is 2.26. The van der Waals surface area contributed by atoms with Gasteiger partial charge in [0.05, 0.1) is 5.56 Å². The highest BCUT2D eigenvalue weighted by Gasteiger charge is 2.13. The van der Waals surface area contributed by atoms with Crippen molar-refractivity contribution in [2.45, 2.75) is 13.8 Å². The minimum absolute atomic E-state index is 0.220. The number of carboxylic acid groups (broad SMARTS) is 1. The Morgan fingerprint density at radius 2 is 1.68 bits per heavy atom. The molecule has 1 N–H and O–H groups in total. The summed E-state index contributed by atoms with van der Waals surface area (Å²) in [4.78, 5) is 10.9. The van der Waals surface area contributed by atoms with E-state index in [1.165, 1.54) is 17.7 Å². The van der Waals surface area contributed by atoms with Gasteiger partial charge < -0.3 is 9.52 Å². The summed E-state index contributed by atoms with van der Waals surface area (Å²) in [5, 5.41) is 17.0. The van der Waals surface area contributed by atoms with Crippen molar-refractivity contribution in [3.05, 3.63) is 59.2 Å². The number of hydrogen-bond acceptors (Lipinski definition) is 4. The molecule has 1 heterocycles. The zero-order valence-corrected chi connectivity index (χ0v) is 12.2. The van der Waals surface area contributed by atoms with Gasteiger partial charge in [-0.25, -0.2) is 4.79 Å². The summed E-state index contributed by atoms with van der Waals surface area (Å²) >= 11 is 0. The summed E-state index contributed by atoms with van der Waals surface area (Å²) in [6.07, 6.45) is 0. The van der Waals surface area contributed by atoms with Gasteiger partial charge in [0.2, 0.25) is 11.8 Å². The van der Waals surface area contributed by atoms with E-state index in [0.717, 1.165) is 11.1 Å². The number of aryl methyl sites for hydroxylation is 2. The Balaban J connectivity index is 1.95. The lowest BCUT2D eigenvalue weighted by Crippen LogP contribution is -1.94. The summed E-state index contributed by atoms with van der Waals surface area (Å²) < 4.78 is 5.71. The number of rotatable bonds is 3. The first kappa shape index (κ1) is 14.0. The lowest BCUT2D eigenvalue weighted by Gasteiger charge is -2.01. The van der Waals surface area contributed by atoms with Gasteiger partial charge in [-0.2, -0.15) is 0 Å². The SMILES string of the molecule is Cc1ccc(-c2nnc(-c3ccc(C(=O)O)cc3)o2)c(C)c1. The molecular weight excluding hydrogens is 280 g/mol. The molecule has 3 rings (SSSR count). The van der Waals surface area contributed by atoms with Crippen LogP contribution in [0.25, 0.3) is 22.9 Å². The number of aromatic nitrogens is 2. The van der Waals surface area contributed by atoms with Gasteiger partial charge in [-0.15, -0.1) is 10.2 Å². The van der Waals surface area contributed by atoms with E-state index in [9.17, 15) is 4.79 Å². The fraction of sp³-hybridized carbons (Fsp3) is 0.118. The third-order valence-corrected chi connectivity index (χ3v) is 3.42. The lowest BCUT2D eigenvalue weighted by atomic mass is 10.1. The Hall–Kier alpha value is -2.95. The molecule has 3 aromatic rings. The molecule has 0 aliphatic carbocycles. The third-order valence-electron chi connectivity index (χ3n) is 3.42. The van der Waals surface area contributed by atoms with Crippen LogP contribution in [0.2, 0.25) is 0 Å². The maximum atomic E-state index is 10.9. The molecule has 0 aliphatic heterocycles. The van der Waals surface area contributed by atoms with E-state index in [0.29, 0.717) is 17.3 Å². The topological polar surface area (TPSA) is 76.2 Å². The molecular formula is C17H14N2O3. The number of benzene rings is 2. The zero-order valence-electron chi connectivity index (χ0n) is 12.2. The van der Waals surface area contributed by atoms with Crippen LogP contribution in [-0.4, -0.2) is 21.3 Å². The minimum Gasteiger partial charge on any atom is -0.478 e. The first-order chi connectivity index (χ1) is 10.5. The predicted molar refractivity (Wildman–Crippen MR) is 81.6 cm³/mol. The molecule has 22 heavy (non-hydrogen) atoms. The van der Waals surface area contributed by atoms with Crippen LogP contribution < -0.4 is 0 Å². The Morgan fingerprint density at radius 3 is 2.32 bits per heavy atom. The fourth-order valence-electron chi connectivity index (χ4n) is 2.26. The number of aromatic carboxylic acids is 1.